The molecule has 2 aromatic rings. The van der Waals surface area contributed by atoms with Gasteiger partial charge < -0.3 is 5.73 Å². The molecule has 0 bridgehead atoms. The number of aromatic nitrogens is 2. The van der Waals surface area contributed by atoms with Gasteiger partial charge in [0.1, 0.15) is 16.4 Å². The Bertz CT molecular complexity index is 787. The smallest absolute Gasteiger partial charge is 0.243 e. The van der Waals surface area contributed by atoms with Crippen molar-refractivity contribution < 1.29 is 17.2 Å². The van der Waals surface area contributed by atoms with E-state index >= 15 is 0 Å². The Balaban J connectivity index is 2.27. The molecular formula is C12H14F2N4O2S. The van der Waals surface area contributed by atoms with Crippen LogP contribution < -0.4 is 10.5 Å². The second-order valence-corrected chi connectivity index (χ2v) is 6.21. The van der Waals surface area contributed by atoms with Crippen molar-refractivity contribution in [3.63, 3.8) is 0 Å². The van der Waals surface area contributed by atoms with Gasteiger partial charge in [-0.05, 0) is 19.1 Å². The normalized spacial score (nSPS) is 11.8. The van der Waals surface area contributed by atoms with E-state index in [1.54, 1.807) is 18.7 Å². The highest BCUT2D eigenvalue weighted by molar-refractivity contribution is 7.89. The summed E-state index contributed by atoms with van der Waals surface area (Å²) in [5, 5.41) is 3.97. The minimum absolute atomic E-state index is 0.0568. The molecule has 0 radical (unpaired) electrons. The third kappa shape index (κ3) is 2.88. The van der Waals surface area contributed by atoms with Gasteiger partial charge in [-0.25, -0.2) is 21.9 Å². The molecule has 3 N–H and O–H groups in total. The van der Waals surface area contributed by atoms with Crippen molar-refractivity contribution >= 4 is 15.7 Å². The Labute approximate surface area is 120 Å². The van der Waals surface area contributed by atoms with Crippen molar-refractivity contribution in [1.29, 1.82) is 0 Å². The van der Waals surface area contributed by atoms with E-state index in [1.807, 2.05) is 0 Å². The number of sulfonamides is 1. The Morgan fingerprint density at radius 3 is 2.62 bits per heavy atom. The number of rotatable bonds is 4. The van der Waals surface area contributed by atoms with Crippen LogP contribution in [0.3, 0.4) is 0 Å². The number of hydrogen-bond donors (Lipinski definition) is 2. The van der Waals surface area contributed by atoms with Gasteiger partial charge in [-0.3, -0.25) is 4.68 Å². The maximum Gasteiger partial charge on any atom is 0.243 e. The van der Waals surface area contributed by atoms with Crippen LogP contribution in [0, 0.1) is 18.6 Å². The Hall–Kier alpha value is -2.00. The van der Waals surface area contributed by atoms with Crippen LogP contribution in [0.25, 0.3) is 0 Å². The molecule has 9 heteroatoms. The zero-order chi connectivity index (χ0) is 15.8. The van der Waals surface area contributed by atoms with Gasteiger partial charge >= 0.3 is 0 Å². The van der Waals surface area contributed by atoms with Crippen molar-refractivity contribution in [2.75, 3.05) is 5.73 Å². The van der Waals surface area contributed by atoms with Crippen molar-refractivity contribution in [2.45, 2.75) is 18.4 Å². The first-order valence-corrected chi connectivity index (χ1v) is 7.43. The molecule has 2 rings (SSSR count). The summed E-state index contributed by atoms with van der Waals surface area (Å²) >= 11 is 0. The second-order valence-electron chi connectivity index (χ2n) is 4.48. The van der Waals surface area contributed by atoms with Crippen LogP contribution in [-0.4, -0.2) is 18.2 Å². The number of hydrogen-bond acceptors (Lipinski definition) is 4. The summed E-state index contributed by atoms with van der Waals surface area (Å²) in [6.45, 7) is 1.71. The van der Waals surface area contributed by atoms with Gasteiger partial charge in [0, 0.05) is 24.8 Å². The molecule has 0 spiro atoms. The van der Waals surface area contributed by atoms with E-state index in [9.17, 15) is 17.2 Å². The highest BCUT2D eigenvalue weighted by Gasteiger charge is 2.22. The van der Waals surface area contributed by atoms with Gasteiger partial charge in [0.2, 0.25) is 10.0 Å². The van der Waals surface area contributed by atoms with Crippen LogP contribution in [0.5, 0.6) is 0 Å². The van der Waals surface area contributed by atoms with Gasteiger partial charge in [0.25, 0.3) is 0 Å². The molecule has 0 amide bonds. The summed E-state index contributed by atoms with van der Waals surface area (Å²) in [4.78, 5) is -0.692. The Morgan fingerprint density at radius 2 is 2.05 bits per heavy atom. The fraction of sp³-hybridized carbons (Fsp3) is 0.250. The molecule has 1 aromatic heterocycles. The molecule has 1 aromatic carbocycles. The van der Waals surface area contributed by atoms with Crippen LogP contribution in [0.4, 0.5) is 14.5 Å². The molecule has 21 heavy (non-hydrogen) atoms. The number of nitrogen functional groups attached to an aromatic ring is 1. The maximum absolute atomic E-state index is 13.8. The molecule has 0 aliphatic carbocycles. The van der Waals surface area contributed by atoms with Gasteiger partial charge in [-0.15, -0.1) is 0 Å². The summed E-state index contributed by atoms with van der Waals surface area (Å²) in [6.07, 6.45) is 1.51. The first kappa shape index (κ1) is 15.4. The number of nitrogens with one attached hydrogen (secondary N) is 1. The lowest BCUT2D eigenvalue weighted by Crippen LogP contribution is -2.25. The molecule has 0 aliphatic heterocycles. The Kier molecular flexibility index (Phi) is 3.97. The van der Waals surface area contributed by atoms with Crippen molar-refractivity contribution in [3.05, 3.63) is 41.2 Å². The lowest BCUT2D eigenvalue weighted by molar-refractivity contribution is 0.548. The first-order chi connectivity index (χ1) is 9.74. The molecule has 0 saturated heterocycles. The van der Waals surface area contributed by atoms with Crippen LogP contribution in [0.15, 0.2) is 23.2 Å². The average Bonchev–Trinajstić information content (AvgIpc) is 2.74. The predicted octanol–water partition coefficient (Wildman–Crippen LogP) is 1.07. The maximum atomic E-state index is 13.8. The summed E-state index contributed by atoms with van der Waals surface area (Å²) < 4.78 is 54.8. The topological polar surface area (TPSA) is 90.0 Å². The van der Waals surface area contributed by atoms with E-state index < -0.39 is 32.2 Å². The number of anilines is 1. The number of nitrogens with zero attached hydrogens (tertiary/aromatic N) is 2. The van der Waals surface area contributed by atoms with Gasteiger partial charge in [0.05, 0.1) is 6.20 Å². The lowest BCUT2D eigenvalue weighted by atomic mass is 10.3. The van der Waals surface area contributed by atoms with E-state index in [4.69, 9.17) is 5.73 Å². The third-order valence-electron chi connectivity index (χ3n) is 3.17. The predicted molar refractivity (Wildman–Crippen MR) is 72.7 cm³/mol. The van der Waals surface area contributed by atoms with Gasteiger partial charge in [0.15, 0.2) is 5.82 Å². The minimum Gasteiger partial charge on any atom is -0.394 e. The lowest BCUT2D eigenvalue weighted by Gasteiger charge is -2.09. The summed E-state index contributed by atoms with van der Waals surface area (Å²) in [5.41, 5.74) is 5.76. The standard InChI is InChI=1S/C12H14F2N4O2S/c1-7-8(5-16-18(7)2)6-17-21(19,20)10-4-3-9(13)12(15)11(10)14/h3-5,17H,6,15H2,1-2H3. The van der Waals surface area contributed by atoms with Crippen molar-refractivity contribution in [2.24, 2.45) is 7.05 Å². The average molecular weight is 316 g/mol. The van der Waals surface area contributed by atoms with Gasteiger partial charge in [-0.2, -0.15) is 5.10 Å². The summed E-state index contributed by atoms with van der Waals surface area (Å²) in [5.74, 6) is -2.31. The molecule has 6 nitrogen and oxygen atoms in total. The molecular weight excluding hydrogens is 302 g/mol. The molecule has 114 valence electrons. The second kappa shape index (κ2) is 5.41. The molecule has 0 atom stereocenters. The summed E-state index contributed by atoms with van der Waals surface area (Å²) in [6, 6.07) is 1.64. The van der Waals surface area contributed by atoms with Crippen LogP contribution in [-0.2, 0) is 23.6 Å². The third-order valence-corrected chi connectivity index (χ3v) is 4.59. The number of aryl methyl sites for hydroxylation is 1. The number of halogens is 2. The van der Waals surface area contributed by atoms with Crippen molar-refractivity contribution in [1.82, 2.24) is 14.5 Å². The molecule has 0 saturated carbocycles. The van der Waals surface area contributed by atoms with Gasteiger partial charge in [-0.1, -0.05) is 0 Å². The zero-order valence-electron chi connectivity index (χ0n) is 11.4. The van der Waals surface area contributed by atoms with E-state index in [0.717, 1.165) is 17.8 Å². The largest absolute Gasteiger partial charge is 0.394 e. The number of nitrogens with two attached hydrogens (primary N) is 1. The van der Waals surface area contributed by atoms with Crippen LogP contribution >= 0.6 is 0 Å². The SMILES string of the molecule is Cc1c(CNS(=O)(=O)c2ccc(F)c(N)c2F)cnn1C. The molecule has 0 fully saturated rings. The highest BCUT2D eigenvalue weighted by atomic mass is 32.2. The fourth-order valence-corrected chi connectivity index (χ4v) is 2.82. The number of benzene rings is 1. The quantitative estimate of drug-likeness (QED) is 0.826. The van der Waals surface area contributed by atoms with E-state index in [0.29, 0.717) is 5.56 Å². The fourth-order valence-electron chi connectivity index (χ4n) is 1.73. The highest BCUT2D eigenvalue weighted by Crippen LogP contribution is 2.22. The van der Waals surface area contributed by atoms with Crippen LogP contribution in [0.1, 0.15) is 11.3 Å². The molecule has 0 unspecified atom stereocenters. The monoisotopic (exact) mass is 316 g/mol. The Morgan fingerprint density at radius 1 is 1.38 bits per heavy atom. The van der Waals surface area contributed by atoms with E-state index in [1.165, 1.54) is 6.20 Å². The zero-order valence-corrected chi connectivity index (χ0v) is 12.2. The van der Waals surface area contributed by atoms with E-state index in [-0.39, 0.29) is 6.54 Å². The van der Waals surface area contributed by atoms with E-state index in [2.05, 4.69) is 9.82 Å². The van der Waals surface area contributed by atoms with Crippen LogP contribution in [0.2, 0.25) is 0 Å². The minimum atomic E-state index is -4.14. The summed E-state index contributed by atoms with van der Waals surface area (Å²) in [7, 11) is -2.43. The molecule has 1 heterocycles. The first-order valence-electron chi connectivity index (χ1n) is 5.94. The van der Waals surface area contributed by atoms with Crippen molar-refractivity contribution in [3.8, 4) is 0 Å². The molecule has 0 aliphatic rings.